The molecule has 2 aromatic heterocycles. The third-order valence-corrected chi connectivity index (χ3v) is 2.58. The summed E-state index contributed by atoms with van der Waals surface area (Å²) >= 11 is 0. The van der Waals surface area contributed by atoms with E-state index in [1.807, 2.05) is 18.2 Å². The summed E-state index contributed by atoms with van der Waals surface area (Å²) in [6, 6.07) is 7.84. The van der Waals surface area contributed by atoms with Gasteiger partial charge in [-0.05, 0) is 31.5 Å². The molecule has 0 aliphatic carbocycles. The van der Waals surface area contributed by atoms with Gasteiger partial charge in [0, 0.05) is 30.4 Å². The van der Waals surface area contributed by atoms with Crippen molar-refractivity contribution < 1.29 is 4.42 Å². The standard InChI is InChI=1S/C13H17N3O/c1-10(4-5-12-3-2-8-17-12)16-13-9-11(14)6-7-15-13/h2-3,6-10H,4-5H2,1H3,(H3,14,15,16). The second-order valence-corrected chi connectivity index (χ2v) is 4.14. The molecule has 2 heterocycles. The van der Waals surface area contributed by atoms with E-state index < -0.39 is 0 Å². The summed E-state index contributed by atoms with van der Waals surface area (Å²) in [6.07, 6.45) is 5.32. The summed E-state index contributed by atoms with van der Waals surface area (Å²) in [5.74, 6) is 1.83. The summed E-state index contributed by atoms with van der Waals surface area (Å²) in [7, 11) is 0. The number of aryl methyl sites for hydroxylation is 1. The first kappa shape index (κ1) is 11.5. The fourth-order valence-corrected chi connectivity index (χ4v) is 1.66. The lowest BCUT2D eigenvalue weighted by molar-refractivity contribution is 0.495. The van der Waals surface area contributed by atoms with Gasteiger partial charge in [0.2, 0.25) is 0 Å². The lowest BCUT2D eigenvalue weighted by atomic mass is 10.1. The van der Waals surface area contributed by atoms with Crippen molar-refractivity contribution in [3.05, 3.63) is 42.5 Å². The number of nitrogens with two attached hydrogens (primary N) is 1. The Morgan fingerprint density at radius 3 is 3.06 bits per heavy atom. The van der Waals surface area contributed by atoms with Gasteiger partial charge in [0.1, 0.15) is 11.6 Å². The molecule has 0 saturated carbocycles. The average molecular weight is 231 g/mol. The van der Waals surface area contributed by atoms with Crippen LogP contribution in [0.1, 0.15) is 19.1 Å². The summed E-state index contributed by atoms with van der Waals surface area (Å²) in [6.45, 7) is 2.12. The van der Waals surface area contributed by atoms with E-state index in [0.717, 1.165) is 30.1 Å². The Morgan fingerprint density at radius 2 is 2.35 bits per heavy atom. The average Bonchev–Trinajstić information content (AvgIpc) is 2.79. The zero-order valence-electron chi connectivity index (χ0n) is 9.89. The third kappa shape index (κ3) is 3.52. The normalized spacial score (nSPS) is 12.3. The fourth-order valence-electron chi connectivity index (χ4n) is 1.66. The zero-order valence-corrected chi connectivity index (χ0v) is 9.89. The highest BCUT2D eigenvalue weighted by atomic mass is 16.3. The Morgan fingerprint density at radius 1 is 1.47 bits per heavy atom. The van der Waals surface area contributed by atoms with E-state index in [1.165, 1.54) is 0 Å². The molecule has 90 valence electrons. The highest BCUT2D eigenvalue weighted by molar-refractivity contribution is 5.48. The molecule has 1 atom stereocenters. The number of rotatable bonds is 5. The maximum absolute atomic E-state index is 5.69. The van der Waals surface area contributed by atoms with E-state index in [9.17, 15) is 0 Å². The molecular weight excluding hydrogens is 214 g/mol. The summed E-state index contributed by atoms with van der Waals surface area (Å²) < 4.78 is 5.29. The Bertz CT molecular complexity index is 453. The third-order valence-electron chi connectivity index (χ3n) is 2.58. The van der Waals surface area contributed by atoms with E-state index in [0.29, 0.717) is 6.04 Å². The smallest absolute Gasteiger partial charge is 0.128 e. The molecule has 0 amide bonds. The van der Waals surface area contributed by atoms with Crippen LogP contribution >= 0.6 is 0 Å². The minimum Gasteiger partial charge on any atom is -0.469 e. The molecule has 0 saturated heterocycles. The number of pyridine rings is 1. The van der Waals surface area contributed by atoms with Crippen molar-refractivity contribution in [3.63, 3.8) is 0 Å². The second-order valence-electron chi connectivity index (χ2n) is 4.14. The molecule has 3 N–H and O–H groups in total. The van der Waals surface area contributed by atoms with E-state index in [4.69, 9.17) is 10.2 Å². The van der Waals surface area contributed by atoms with Crippen molar-refractivity contribution in [1.82, 2.24) is 4.98 Å². The zero-order chi connectivity index (χ0) is 12.1. The number of anilines is 2. The highest BCUT2D eigenvalue weighted by Gasteiger charge is 2.05. The Labute approximate surface area is 101 Å². The number of hydrogen-bond acceptors (Lipinski definition) is 4. The van der Waals surface area contributed by atoms with Crippen molar-refractivity contribution in [3.8, 4) is 0 Å². The highest BCUT2D eigenvalue weighted by Crippen LogP contribution is 2.12. The van der Waals surface area contributed by atoms with Crippen LogP contribution in [0.3, 0.4) is 0 Å². The molecule has 0 aliphatic rings. The minimum absolute atomic E-state index is 0.328. The number of nitrogens with one attached hydrogen (secondary N) is 1. The first-order chi connectivity index (χ1) is 8.24. The van der Waals surface area contributed by atoms with Gasteiger partial charge in [-0.1, -0.05) is 0 Å². The Balaban J connectivity index is 1.83. The molecule has 0 aliphatic heterocycles. The second kappa shape index (κ2) is 5.39. The maximum Gasteiger partial charge on any atom is 0.128 e. The van der Waals surface area contributed by atoms with Crippen LogP contribution in [0.5, 0.6) is 0 Å². The van der Waals surface area contributed by atoms with E-state index in [2.05, 4.69) is 17.2 Å². The Kier molecular flexibility index (Phi) is 3.65. The monoisotopic (exact) mass is 231 g/mol. The lowest BCUT2D eigenvalue weighted by Gasteiger charge is -2.13. The van der Waals surface area contributed by atoms with Crippen molar-refractivity contribution in [2.24, 2.45) is 0 Å². The molecule has 17 heavy (non-hydrogen) atoms. The molecule has 0 radical (unpaired) electrons. The van der Waals surface area contributed by atoms with Crippen molar-refractivity contribution in [2.45, 2.75) is 25.8 Å². The molecule has 2 rings (SSSR count). The van der Waals surface area contributed by atoms with E-state index in [1.54, 1.807) is 18.5 Å². The minimum atomic E-state index is 0.328. The van der Waals surface area contributed by atoms with Gasteiger partial charge in [0.15, 0.2) is 0 Å². The van der Waals surface area contributed by atoms with E-state index in [-0.39, 0.29) is 0 Å². The van der Waals surface area contributed by atoms with Crippen molar-refractivity contribution in [2.75, 3.05) is 11.1 Å². The first-order valence-electron chi connectivity index (χ1n) is 5.74. The predicted octanol–water partition coefficient (Wildman–Crippen LogP) is 2.69. The molecule has 2 aromatic rings. The van der Waals surface area contributed by atoms with Crippen LogP contribution in [0.15, 0.2) is 41.1 Å². The lowest BCUT2D eigenvalue weighted by Crippen LogP contribution is -2.16. The molecular formula is C13H17N3O. The van der Waals surface area contributed by atoms with Gasteiger partial charge in [-0.15, -0.1) is 0 Å². The van der Waals surface area contributed by atoms with Crippen LogP contribution < -0.4 is 11.1 Å². The quantitative estimate of drug-likeness (QED) is 0.830. The van der Waals surface area contributed by atoms with Gasteiger partial charge < -0.3 is 15.5 Å². The van der Waals surface area contributed by atoms with Crippen LogP contribution in [0.4, 0.5) is 11.5 Å². The fraction of sp³-hybridized carbons (Fsp3) is 0.308. The van der Waals surface area contributed by atoms with Crippen LogP contribution in [0.25, 0.3) is 0 Å². The van der Waals surface area contributed by atoms with Gasteiger partial charge in [-0.2, -0.15) is 0 Å². The van der Waals surface area contributed by atoms with Gasteiger partial charge in [-0.3, -0.25) is 0 Å². The molecule has 4 nitrogen and oxygen atoms in total. The number of nitrogen functional groups attached to an aromatic ring is 1. The van der Waals surface area contributed by atoms with Crippen LogP contribution in [-0.4, -0.2) is 11.0 Å². The molecule has 4 heteroatoms. The summed E-state index contributed by atoms with van der Waals surface area (Å²) in [5, 5.41) is 3.31. The number of furan rings is 1. The number of hydrogen-bond donors (Lipinski definition) is 2. The van der Waals surface area contributed by atoms with Gasteiger partial charge >= 0.3 is 0 Å². The SMILES string of the molecule is CC(CCc1ccco1)Nc1cc(N)ccn1. The summed E-state index contributed by atoms with van der Waals surface area (Å²) in [5.41, 5.74) is 6.41. The first-order valence-corrected chi connectivity index (χ1v) is 5.74. The van der Waals surface area contributed by atoms with E-state index >= 15 is 0 Å². The topological polar surface area (TPSA) is 64.1 Å². The molecule has 0 fully saturated rings. The Hall–Kier alpha value is -1.97. The van der Waals surface area contributed by atoms with Gasteiger partial charge in [0.25, 0.3) is 0 Å². The van der Waals surface area contributed by atoms with Gasteiger partial charge in [0.05, 0.1) is 6.26 Å². The molecule has 0 aromatic carbocycles. The van der Waals surface area contributed by atoms with Crippen molar-refractivity contribution >= 4 is 11.5 Å². The van der Waals surface area contributed by atoms with Gasteiger partial charge in [-0.25, -0.2) is 4.98 Å². The van der Waals surface area contributed by atoms with Crippen molar-refractivity contribution in [1.29, 1.82) is 0 Å². The molecule has 1 unspecified atom stereocenters. The summed E-state index contributed by atoms with van der Waals surface area (Å²) in [4.78, 5) is 4.21. The number of aromatic nitrogens is 1. The van der Waals surface area contributed by atoms with Crippen LogP contribution in [0, 0.1) is 0 Å². The molecule has 0 bridgehead atoms. The molecule has 0 spiro atoms. The van der Waals surface area contributed by atoms with Crippen LogP contribution in [0.2, 0.25) is 0 Å². The maximum atomic E-state index is 5.69. The number of nitrogens with zero attached hydrogens (tertiary/aromatic N) is 1. The largest absolute Gasteiger partial charge is 0.469 e. The predicted molar refractivity (Wildman–Crippen MR) is 68.8 cm³/mol. The van der Waals surface area contributed by atoms with Crippen LogP contribution in [-0.2, 0) is 6.42 Å².